The van der Waals surface area contributed by atoms with Gasteiger partial charge in [-0.25, -0.2) is 13.1 Å². The fourth-order valence-corrected chi connectivity index (χ4v) is 5.24. The van der Waals surface area contributed by atoms with E-state index in [0.717, 1.165) is 27.8 Å². The zero-order valence-corrected chi connectivity index (χ0v) is 18.0. The first-order valence-electron chi connectivity index (χ1n) is 9.15. The summed E-state index contributed by atoms with van der Waals surface area (Å²) in [6.45, 7) is 11.0. The molecule has 1 aliphatic rings. The Morgan fingerprint density at radius 3 is 2.11 bits per heavy atom. The van der Waals surface area contributed by atoms with Crippen molar-refractivity contribution < 1.29 is 23.0 Å². The average molecular weight is 406 g/mol. The topological polar surface area (TPSA) is 84.9 Å². The van der Waals surface area contributed by atoms with E-state index in [-0.39, 0.29) is 18.2 Å². The van der Waals surface area contributed by atoms with E-state index in [4.69, 9.17) is 9.47 Å². The Bertz CT molecular complexity index is 1010. The van der Waals surface area contributed by atoms with Crippen molar-refractivity contribution in [3.05, 3.63) is 51.6 Å². The van der Waals surface area contributed by atoms with Gasteiger partial charge in [-0.15, -0.1) is 0 Å². The van der Waals surface area contributed by atoms with Gasteiger partial charge in [0.15, 0.2) is 11.5 Å². The van der Waals surface area contributed by atoms with Crippen molar-refractivity contribution in [2.24, 2.45) is 0 Å². The van der Waals surface area contributed by atoms with E-state index in [9.17, 15) is 13.5 Å². The van der Waals surface area contributed by atoms with Crippen LogP contribution >= 0.6 is 0 Å². The van der Waals surface area contributed by atoms with Gasteiger partial charge >= 0.3 is 0 Å². The minimum absolute atomic E-state index is 0.137. The number of hydrogen-bond acceptors (Lipinski definition) is 5. The SMILES string of the molecule is Cc1c(C)c(C)c(S(=O)(=O)NC[C@](C)(O)c2ccc3c(c2)OCO3)c(C)c1C. The number of fused-ring (bicyclic) bond motifs is 1. The van der Waals surface area contributed by atoms with E-state index < -0.39 is 15.6 Å². The summed E-state index contributed by atoms with van der Waals surface area (Å²) in [7, 11) is -3.80. The van der Waals surface area contributed by atoms with E-state index >= 15 is 0 Å². The Morgan fingerprint density at radius 1 is 0.964 bits per heavy atom. The fourth-order valence-electron chi connectivity index (χ4n) is 3.51. The molecule has 0 spiro atoms. The molecule has 0 radical (unpaired) electrons. The third-order valence-electron chi connectivity index (χ3n) is 5.80. The second-order valence-corrected chi connectivity index (χ2v) is 9.32. The van der Waals surface area contributed by atoms with Gasteiger partial charge in [0, 0.05) is 6.54 Å². The quantitative estimate of drug-likeness (QED) is 0.798. The average Bonchev–Trinajstić information content (AvgIpc) is 3.11. The first kappa shape index (κ1) is 20.6. The fraction of sp³-hybridized carbons (Fsp3) is 0.429. The summed E-state index contributed by atoms with van der Waals surface area (Å²) in [4.78, 5) is 0.287. The van der Waals surface area contributed by atoms with Crippen molar-refractivity contribution in [3.8, 4) is 11.5 Å². The smallest absolute Gasteiger partial charge is 0.241 e. The Kier molecular flexibility index (Phi) is 5.20. The van der Waals surface area contributed by atoms with Crippen molar-refractivity contribution in [1.82, 2.24) is 4.72 Å². The molecule has 2 N–H and O–H groups in total. The van der Waals surface area contributed by atoms with Crippen LogP contribution in [0.5, 0.6) is 11.5 Å². The molecule has 1 heterocycles. The van der Waals surface area contributed by atoms with Gasteiger partial charge in [-0.3, -0.25) is 0 Å². The van der Waals surface area contributed by atoms with Gasteiger partial charge in [-0.1, -0.05) is 6.07 Å². The lowest BCUT2D eigenvalue weighted by Crippen LogP contribution is -2.39. The standard InChI is InChI=1S/C21H27NO5S/c1-12-13(2)15(4)20(16(5)14(12)3)28(24,25)22-10-21(6,23)17-7-8-18-19(9-17)27-11-26-18/h7-9,22-23H,10-11H2,1-6H3/t21-/m0/s1. The van der Waals surface area contributed by atoms with Crippen molar-refractivity contribution >= 4 is 10.0 Å². The molecule has 6 nitrogen and oxygen atoms in total. The van der Waals surface area contributed by atoms with Crippen molar-refractivity contribution in [1.29, 1.82) is 0 Å². The molecule has 2 aromatic rings. The first-order chi connectivity index (χ1) is 13.0. The third-order valence-corrected chi connectivity index (χ3v) is 7.48. The van der Waals surface area contributed by atoms with Crippen LogP contribution in [0.3, 0.4) is 0 Å². The number of rotatable bonds is 5. The van der Waals surface area contributed by atoms with Crippen molar-refractivity contribution in [2.75, 3.05) is 13.3 Å². The lowest BCUT2D eigenvalue weighted by Gasteiger charge is -2.25. The van der Waals surface area contributed by atoms with Crippen LogP contribution < -0.4 is 14.2 Å². The third kappa shape index (κ3) is 3.50. The molecule has 2 aromatic carbocycles. The second-order valence-electron chi connectivity index (χ2n) is 7.62. The largest absolute Gasteiger partial charge is 0.454 e. The lowest BCUT2D eigenvalue weighted by atomic mass is 9.95. The number of nitrogens with one attached hydrogen (secondary N) is 1. The number of sulfonamides is 1. The summed E-state index contributed by atoms with van der Waals surface area (Å²) in [5.74, 6) is 1.15. The summed E-state index contributed by atoms with van der Waals surface area (Å²) >= 11 is 0. The minimum atomic E-state index is -3.80. The van der Waals surface area contributed by atoms with Crippen molar-refractivity contribution in [3.63, 3.8) is 0 Å². The summed E-state index contributed by atoms with van der Waals surface area (Å²) in [5.41, 5.74) is 3.62. The van der Waals surface area contributed by atoms with Gasteiger partial charge in [0.05, 0.1) is 4.90 Å². The van der Waals surface area contributed by atoms with Crippen LogP contribution in [0.2, 0.25) is 0 Å². The maximum Gasteiger partial charge on any atom is 0.241 e. The van der Waals surface area contributed by atoms with Crippen LogP contribution in [0.4, 0.5) is 0 Å². The summed E-state index contributed by atoms with van der Waals surface area (Å²) in [6.07, 6.45) is 0. The molecule has 0 saturated carbocycles. The molecule has 0 unspecified atom stereocenters. The number of aliphatic hydroxyl groups is 1. The molecule has 3 rings (SSSR count). The van der Waals surface area contributed by atoms with E-state index in [2.05, 4.69) is 4.72 Å². The van der Waals surface area contributed by atoms with Gasteiger partial charge in [0.1, 0.15) is 5.60 Å². The molecule has 0 saturated heterocycles. The van der Waals surface area contributed by atoms with Crippen LogP contribution in [0.15, 0.2) is 23.1 Å². The number of benzene rings is 2. The van der Waals surface area contributed by atoms with Crippen LogP contribution in [0, 0.1) is 34.6 Å². The molecule has 152 valence electrons. The molecule has 1 aliphatic heterocycles. The maximum atomic E-state index is 13.1. The van der Waals surface area contributed by atoms with Crippen LogP contribution in [-0.2, 0) is 15.6 Å². The van der Waals surface area contributed by atoms with E-state index in [1.165, 1.54) is 0 Å². The minimum Gasteiger partial charge on any atom is -0.454 e. The molecule has 0 aliphatic carbocycles. The zero-order valence-electron chi connectivity index (χ0n) is 17.1. The molecule has 28 heavy (non-hydrogen) atoms. The number of ether oxygens (including phenoxy) is 2. The van der Waals surface area contributed by atoms with Gasteiger partial charge in [-0.2, -0.15) is 0 Å². The molecule has 7 heteroatoms. The molecule has 0 amide bonds. The lowest BCUT2D eigenvalue weighted by molar-refractivity contribution is 0.0625. The Morgan fingerprint density at radius 2 is 1.50 bits per heavy atom. The van der Waals surface area contributed by atoms with Crippen molar-refractivity contribution in [2.45, 2.75) is 52.0 Å². The Balaban J connectivity index is 1.90. The Labute approximate surface area is 166 Å². The van der Waals surface area contributed by atoms with Crippen LogP contribution in [-0.4, -0.2) is 26.9 Å². The second kappa shape index (κ2) is 7.06. The monoisotopic (exact) mass is 405 g/mol. The number of hydrogen-bond donors (Lipinski definition) is 2. The highest BCUT2D eigenvalue weighted by Gasteiger charge is 2.30. The predicted octanol–water partition coefficient (Wildman–Crippen LogP) is 3.14. The maximum absolute atomic E-state index is 13.1. The van der Waals surface area contributed by atoms with E-state index in [0.29, 0.717) is 17.1 Å². The molecule has 1 atom stereocenters. The first-order valence-corrected chi connectivity index (χ1v) is 10.6. The van der Waals surface area contributed by atoms with Gasteiger partial charge in [0.2, 0.25) is 16.8 Å². The summed E-state index contributed by atoms with van der Waals surface area (Å²) in [6, 6.07) is 5.09. The highest BCUT2D eigenvalue weighted by atomic mass is 32.2. The molecular weight excluding hydrogens is 378 g/mol. The summed E-state index contributed by atoms with van der Waals surface area (Å²) in [5, 5.41) is 10.9. The van der Waals surface area contributed by atoms with Gasteiger partial charge in [0.25, 0.3) is 0 Å². The molecule has 0 bridgehead atoms. The van der Waals surface area contributed by atoms with E-state index in [1.54, 1.807) is 25.1 Å². The predicted molar refractivity (Wildman–Crippen MR) is 107 cm³/mol. The van der Waals surface area contributed by atoms with E-state index in [1.807, 2.05) is 34.6 Å². The molecular formula is C21H27NO5S. The van der Waals surface area contributed by atoms with Gasteiger partial charge in [-0.05, 0) is 87.1 Å². The summed E-state index contributed by atoms with van der Waals surface area (Å²) < 4.78 is 39.4. The van der Waals surface area contributed by atoms with Crippen LogP contribution in [0.25, 0.3) is 0 Å². The molecule has 0 aromatic heterocycles. The molecule has 0 fully saturated rings. The normalized spacial score (nSPS) is 15.5. The highest BCUT2D eigenvalue weighted by molar-refractivity contribution is 7.89. The van der Waals surface area contributed by atoms with Gasteiger partial charge < -0.3 is 14.6 Å². The zero-order chi connectivity index (χ0) is 20.9. The highest BCUT2D eigenvalue weighted by Crippen LogP contribution is 2.36. The Hall–Kier alpha value is -2.09. The van der Waals surface area contributed by atoms with Crippen LogP contribution in [0.1, 0.15) is 40.3 Å².